The predicted octanol–water partition coefficient (Wildman–Crippen LogP) is 5.06. The van der Waals surface area contributed by atoms with Crippen molar-refractivity contribution in [3.05, 3.63) is 46.7 Å². The highest BCUT2D eigenvalue weighted by molar-refractivity contribution is 6.39. The van der Waals surface area contributed by atoms with Crippen LogP contribution in [0.4, 0.5) is 10.1 Å². The van der Waals surface area contributed by atoms with E-state index in [0.717, 1.165) is 0 Å². The second-order valence-electron chi connectivity index (χ2n) is 5.75. The lowest BCUT2D eigenvalue weighted by atomic mass is 10.0. The molecule has 0 atom stereocenters. The van der Waals surface area contributed by atoms with Crippen LogP contribution in [0.2, 0.25) is 5.02 Å². The Labute approximate surface area is 154 Å². The third-order valence-corrected chi connectivity index (χ3v) is 4.63. The summed E-state index contributed by atoms with van der Waals surface area (Å²) in [5, 5.41) is 10.2. The predicted molar refractivity (Wildman–Crippen MR) is 99.1 cm³/mol. The molecule has 5 nitrogen and oxygen atoms in total. The number of fused-ring (bicyclic) bond motifs is 1. The molecule has 0 saturated heterocycles. The Hall–Kier alpha value is -2.73. The van der Waals surface area contributed by atoms with Gasteiger partial charge >= 0.3 is 5.97 Å². The molecule has 0 bridgehead atoms. The van der Waals surface area contributed by atoms with Crippen molar-refractivity contribution < 1.29 is 23.4 Å². The molecular weight excluding hydrogens is 361 g/mol. The number of nitrogens with zero attached hydrogens (tertiary/aromatic N) is 1. The van der Waals surface area contributed by atoms with Crippen LogP contribution in [0.3, 0.4) is 0 Å². The van der Waals surface area contributed by atoms with Crippen LogP contribution in [0, 0.1) is 5.82 Å². The van der Waals surface area contributed by atoms with E-state index >= 15 is 0 Å². The number of ether oxygens (including phenoxy) is 1. The quantitative estimate of drug-likeness (QED) is 0.673. The molecule has 1 heterocycles. The summed E-state index contributed by atoms with van der Waals surface area (Å²) < 4.78 is 24.5. The number of halogens is 2. The van der Waals surface area contributed by atoms with Crippen molar-refractivity contribution in [2.75, 3.05) is 25.6 Å². The molecule has 0 amide bonds. The second-order valence-corrected chi connectivity index (χ2v) is 6.13. The molecule has 3 rings (SSSR count). The molecule has 26 heavy (non-hydrogen) atoms. The number of carbonyl (C=O) groups is 1. The van der Waals surface area contributed by atoms with Crippen molar-refractivity contribution in [2.24, 2.45) is 0 Å². The van der Waals surface area contributed by atoms with E-state index in [2.05, 4.69) is 0 Å². The minimum Gasteiger partial charge on any atom is -0.493 e. The fourth-order valence-electron chi connectivity index (χ4n) is 2.84. The van der Waals surface area contributed by atoms with Gasteiger partial charge in [0.25, 0.3) is 0 Å². The first-order valence-electron chi connectivity index (χ1n) is 7.92. The van der Waals surface area contributed by atoms with Gasteiger partial charge in [-0.25, -0.2) is 9.18 Å². The molecule has 1 aromatic heterocycles. The number of carboxylic acids is 1. The average Bonchev–Trinajstić information content (AvgIpc) is 3.01. The number of anilines is 1. The van der Waals surface area contributed by atoms with Crippen molar-refractivity contribution in [2.45, 2.75) is 6.92 Å². The summed E-state index contributed by atoms with van der Waals surface area (Å²) in [7, 11) is 3.34. The van der Waals surface area contributed by atoms with E-state index in [1.165, 1.54) is 31.4 Å². The molecule has 2 aromatic carbocycles. The molecule has 3 aromatic rings. The smallest absolute Gasteiger partial charge is 0.340 e. The molecule has 0 radical (unpaired) electrons. The van der Waals surface area contributed by atoms with Gasteiger partial charge in [-0.2, -0.15) is 0 Å². The number of furan rings is 1. The fourth-order valence-corrected chi connectivity index (χ4v) is 3.20. The topological polar surface area (TPSA) is 62.9 Å². The number of hydrogen-bond acceptors (Lipinski definition) is 4. The molecule has 0 fully saturated rings. The van der Waals surface area contributed by atoms with Crippen LogP contribution < -0.4 is 9.64 Å². The van der Waals surface area contributed by atoms with Gasteiger partial charge in [0.15, 0.2) is 5.75 Å². The summed E-state index contributed by atoms with van der Waals surface area (Å²) in [5.74, 6) is -1.12. The summed E-state index contributed by atoms with van der Waals surface area (Å²) >= 11 is 6.49. The van der Waals surface area contributed by atoms with Gasteiger partial charge in [-0.1, -0.05) is 11.6 Å². The van der Waals surface area contributed by atoms with E-state index in [0.29, 0.717) is 29.1 Å². The van der Waals surface area contributed by atoms with E-state index in [4.69, 9.17) is 20.8 Å². The zero-order valence-electron chi connectivity index (χ0n) is 14.5. The number of aromatic carboxylic acids is 1. The molecular formula is C19H17ClFNO4. The van der Waals surface area contributed by atoms with Crippen LogP contribution in [0.5, 0.6) is 5.75 Å². The minimum atomic E-state index is -1.19. The Morgan fingerprint density at radius 2 is 2.00 bits per heavy atom. The number of carboxylic acid groups (broad SMARTS) is 1. The molecule has 0 aliphatic rings. The first-order valence-corrected chi connectivity index (χ1v) is 8.30. The second kappa shape index (κ2) is 6.88. The number of methoxy groups -OCH3 is 1. The lowest BCUT2D eigenvalue weighted by molar-refractivity contribution is 0.0699. The maximum atomic E-state index is 13.2. The van der Waals surface area contributed by atoms with Crippen molar-refractivity contribution in [1.29, 1.82) is 0 Å². The van der Waals surface area contributed by atoms with Crippen molar-refractivity contribution in [1.82, 2.24) is 0 Å². The first-order chi connectivity index (χ1) is 12.4. The zero-order valence-corrected chi connectivity index (χ0v) is 15.2. The maximum absolute atomic E-state index is 13.2. The molecule has 7 heteroatoms. The van der Waals surface area contributed by atoms with Gasteiger partial charge < -0.3 is 19.2 Å². The summed E-state index contributed by atoms with van der Waals surface area (Å²) in [6.45, 7) is 2.65. The highest BCUT2D eigenvalue weighted by atomic mass is 35.5. The fraction of sp³-hybridized carbons (Fsp3) is 0.211. The van der Waals surface area contributed by atoms with E-state index in [-0.39, 0.29) is 21.7 Å². The lowest BCUT2D eigenvalue weighted by Gasteiger charge is -2.20. The Balaban J connectivity index is 2.38. The maximum Gasteiger partial charge on any atom is 0.340 e. The highest BCUT2D eigenvalue weighted by Crippen LogP contribution is 2.46. The SMILES string of the molecule is CCN(C)c1cc2oc(-c3ccc(F)cc3)c(C(=O)O)c2c(Cl)c1OC. The van der Waals surface area contributed by atoms with Crippen LogP contribution in [0.25, 0.3) is 22.3 Å². The van der Waals surface area contributed by atoms with Crippen molar-refractivity contribution in [3.63, 3.8) is 0 Å². The Morgan fingerprint density at radius 1 is 1.35 bits per heavy atom. The molecule has 0 aliphatic heterocycles. The number of benzene rings is 2. The summed E-state index contributed by atoms with van der Waals surface area (Å²) in [6.07, 6.45) is 0. The number of hydrogen-bond donors (Lipinski definition) is 1. The Bertz CT molecular complexity index is 982. The van der Waals surface area contributed by atoms with Crippen molar-refractivity contribution in [3.8, 4) is 17.1 Å². The third-order valence-electron chi connectivity index (χ3n) is 4.26. The monoisotopic (exact) mass is 377 g/mol. The molecule has 0 aliphatic carbocycles. The third kappa shape index (κ3) is 2.86. The highest BCUT2D eigenvalue weighted by Gasteiger charge is 2.27. The van der Waals surface area contributed by atoms with Crippen molar-refractivity contribution >= 4 is 34.2 Å². The number of rotatable bonds is 5. The Morgan fingerprint density at radius 3 is 2.54 bits per heavy atom. The minimum absolute atomic E-state index is 0.0828. The van der Waals surface area contributed by atoms with Gasteiger partial charge in [0.05, 0.1) is 23.2 Å². The summed E-state index contributed by atoms with van der Waals surface area (Å²) in [5.41, 5.74) is 1.37. The van der Waals surface area contributed by atoms with Crippen LogP contribution in [0.15, 0.2) is 34.7 Å². The van der Waals surface area contributed by atoms with Gasteiger partial charge in [0.2, 0.25) is 0 Å². The van der Waals surface area contributed by atoms with Gasteiger partial charge in [-0.05, 0) is 31.2 Å². The summed E-state index contributed by atoms with van der Waals surface area (Å²) in [4.78, 5) is 13.8. The zero-order chi connectivity index (χ0) is 19.0. The van der Waals surface area contributed by atoms with Gasteiger partial charge in [0.1, 0.15) is 22.7 Å². The van der Waals surface area contributed by atoms with Crippen LogP contribution >= 0.6 is 11.6 Å². The van der Waals surface area contributed by atoms with Gasteiger partial charge in [-0.15, -0.1) is 0 Å². The van der Waals surface area contributed by atoms with Gasteiger partial charge in [-0.3, -0.25) is 0 Å². The molecule has 0 unspecified atom stereocenters. The van der Waals surface area contributed by atoms with Gasteiger partial charge in [0, 0.05) is 25.2 Å². The normalized spacial score (nSPS) is 11.0. The molecule has 0 spiro atoms. The van der Waals surface area contributed by atoms with E-state index in [1.54, 1.807) is 6.07 Å². The van der Waals surface area contributed by atoms with E-state index in [9.17, 15) is 14.3 Å². The molecule has 136 valence electrons. The summed E-state index contributed by atoms with van der Waals surface area (Å²) in [6, 6.07) is 7.11. The first kappa shape index (κ1) is 18.1. The molecule has 0 saturated carbocycles. The van der Waals surface area contributed by atoms with Crippen LogP contribution in [-0.2, 0) is 0 Å². The van der Waals surface area contributed by atoms with Crippen LogP contribution in [0.1, 0.15) is 17.3 Å². The Kier molecular flexibility index (Phi) is 4.78. The average molecular weight is 378 g/mol. The largest absolute Gasteiger partial charge is 0.493 e. The molecule has 1 N–H and O–H groups in total. The van der Waals surface area contributed by atoms with Crippen LogP contribution in [-0.4, -0.2) is 31.8 Å². The van der Waals surface area contributed by atoms with E-state index < -0.39 is 11.8 Å². The van der Waals surface area contributed by atoms with E-state index in [1.807, 2.05) is 18.9 Å². The lowest BCUT2D eigenvalue weighted by Crippen LogP contribution is -2.16. The standard InChI is InChI=1S/C19H17ClFNO4/c1-4-22(2)12-9-13-14(16(20)18(12)25-3)15(19(23)24)17(26-13)10-5-7-11(21)8-6-10/h5-9H,4H2,1-3H3,(H,23,24).